The molecule has 2 aromatic rings. The molecule has 1 aromatic carbocycles. The third-order valence-electron chi connectivity index (χ3n) is 3.08. The molecule has 98 valence electrons. The SMILES string of the molecule is CC(C)(N)CCNCCc1coc2ccccc12. The highest BCUT2D eigenvalue weighted by Crippen LogP contribution is 2.20. The highest BCUT2D eigenvalue weighted by molar-refractivity contribution is 5.80. The van der Waals surface area contributed by atoms with Gasteiger partial charge in [0.05, 0.1) is 6.26 Å². The number of nitrogens with one attached hydrogen (secondary N) is 1. The number of fused-ring (bicyclic) bond motifs is 1. The Labute approximate surface area is 108 Å². The van der Waals surface area contributed by atoms with E-state index in [1.165, 1.54) is 10.9 Å². The minimum atomic E-state index is -0.0880. The minimum absolute atomic E-state index is 0.0880. The molecular formula is C15H22N2O. The fraction of sp³-hybridized carbons (Fsp3) is 0.467. The van der Waals surface area contributed by atoms with E-state index in [9.17, 15) is 0 Å². The van der Waals surface area contributed by atoms with Gasteiger partial charge in [-0.05, 0) is 51.4 Å². The van der Waals surface area contributed by atoms with Crippen molar-refractivity contribution in [3.63, 3.8) is 0 Å². The van der Waals surface area contributed by atoms with E-state index in [1.807, 2.05) is 24.5 Å². The molecule has 1 heterocycles. The third-order valence-corrected chi connectivity index (χ3v) is 3.08. The van der Waals surface area contributed by atoms with Gasteiger partial charge in [0.25, 0.3) is 0 Å². The van der Waals surface area contributed by atoms with E-state index < -0.39 is 0 Å². The summed E-state index contributed by atoms with van der Waals surface area (Å²) in [6, 6.07) is 8.16. The Balaban J connectivity index is 1.80. The molecule has 0 saturated carbocycles. The molecule has 0 unspecified atom stereocenters. The van der Waals surface area contributed by atoms with Crippen molar-refractivity contribution in [2.75, 3.05) is 13.1 Å². The van der Waals surface area contributed by atoms with E-state index in [1.54, 1.807) is 0 Å². The van der Waals surface area contributed by atoms with E-state index in [2.05, 4.69) is 25.2 Å². The van der Waals surface area contributed by atoms with Crippen molar-refractivity contribution in [2.45, 2.75) is 32.2 Å². The van der Waals surface area contributed by atoms with Crippen LogP contribution in [0.3, 0.4) is 0 Å². The maximum absolute atomic E-state index is 5.93. The van der Waals surface area contributed by atoms with E-state index in [-0.39, 0.29) is 5.54 Å². The molecule has 3 N–H and O–H groups in total. The van der Waals surface area contributed by atoms with Gasteiger partial charge in [-0.15, -0.1) is 0 Å². The third kappa shape index (κ3) is 3.59. The van der Waals surface area contributed by atoms with Crippen LogP contribution in [0.5, 0.6) is 0 Å². The van der Waals surface area contributed by atoms with Crippen molar-refractivity contribution in [3.05, 3.63) is 36.1 Å². The van der Waals surface area contributed by atoms with E-state index in [0.29, 0.717) is 0 Å². The molecular weight excluding hydrogens is 224 g/mol. The minimum Gasteiger partial charge on any atom is -0.464 e. The van der Waals surface area contributed by atoms with Gasteiger partial charge in [-0.2, -0.15) is 0 Å². The van der Waals surface area contributed by atoms with Gasteiger partial charge in [0.15, 0.2) is 0 Å². The number of nitrogens with two attached hydrogens (primary N) is 1. The molecule has 0 spiro atoms. The average Bonchev–Trinajstić information content (AvgIpc) is 2.71. The Kier molecular flexibility index (Phi) is 4.04. The van der Waals surface area contributed by atoms with Crippen LogP contribution in [-0.2, 0) is 6.42 Å². The Hall–Kier alpha value is -1.32. The Morgan fingerprint density at radius 3 is 2.78 bits per heavy atom. The van der Waals surface area contributed by atoms with Crippen LogP contribution < -0.4 is 11.1 Å². The molecule has 3 heteroatoms. The highest BCUT2D eigenvalue weighted by Gasteiger charge is 2.09. The Morgan fingerprint density at radius 2 is 2.00 bits per heavy atom. The summed E-state index contributed by atoms with van der Waals surface area (Å²) in [5.41, 5.74) is 8.08. The molecule has 0 aliphatic heterocycles. The zero-order chi connectivity index (χ0) is 13.0. The Bertz CT molecular complexity index is 496. The zero-order valence-electron chi connectivity index (χ0n) is 11.2. The van der Waals surface area contributed by atoms with Crippen LogP contribution in [0.15, 0.2) is 34.9 Å². The lowest BCUT2D eigenvalue weighted by molar-refractivity contribution is 0.456. The van der Waals surface area contributed by atoms with Gasteiger partial charge < -0.3 is 15.5 Å². The molecule has 0 aliphatic rings. The van der Waals surface area contributed by atoms with Gasteiger partial charge in [-0.1, -0.05) is 18.2 Å². The lowest BCUT2D eigenvalue weighted by Crippen LogP contribution is -2.36. The summed E-state index contributed by atoms with van der Waals surface area (Å²) in [5.74, 6) is 0. The number of hydrogen-bond acceptors (Lipinski definition) is 3. The lowest BCUT2D eigenvalue weighted by atomic mass is 10.0. The zero-order valence-corrected chi connectivity index (χ0v) is 11.2. The standard InChI is InChI=1S/C15H22N2O/c1-15(2,16)8-10-17-9-7-12-11-18-14-6-4-3-5-13(12)14/h3-6,11,17H,7-10,16H2,1-2H3. The van der Waals surface area contributed by atoms with Crippen molar-refractivity contribution in [1.82, 2.24) is 5.32 Å². The first-order valence-electron chi connectivity index (χ1n) is 6.51. The van der Waals surface area contributed by atoms with Crippen LogP contribution in [-0.4, -0.2) is 18.6 Å². The first-order valence-corrected chi connectivity index (χ1v) is 6.51. The van der Waals surface area contributed by atoms with Crippen LogP contribution in [0.4, 0.5) is 0 Å². The topological polar surface area (TPSA) is 51.2 Å². The molecule has 1 aromatic heterocycles. The van der Waals surface area contributed by atoms with Crippen molar-refractivity contribution in [1.29, 1.82) is 0 Å². The summed E-state index contributed by atoms with van der Waals surface area (Å²) in [6.45, 7) is 6.02. The van der Waals surface area contributed by atoms with Crippen molar-refractivity contribution >= 4 is 11.0 Å². The predicted molar refractivity (Wildman–Crippen MR) is 75.7 cm³/mol. The number of rotatable bonds is 6. The predicted octanol–water partition coefficient (Wildman–Crippen LogP) is 2.69. The second kappa shape index (κ2) is 5.55. The smallest absolute Gasteiger partial charge is 0.134 e. The average molecular weight is 246 g/mol. The molecule has 0 saturated heterocycles. The van der Waals surface area contributed by atoms with Crippen LogP contribution in [0.1, 0.15) is 25.8 Å². The van der Waals surface area contributed by atoms with E-state index >= 15 is 0 Å². The van der Waals surface area contributed by atoms with Gasteiger partial charge in [0.1, 0.15) is 5.58 Å². The summed E-state index contributed by atoms with van der Waals surface area (Å²) >= 11 is 0. The quantitative estimate of drug-likeness (QED) is 0.770. The van der Waals surface area contributed by atoms with Gasteiger partial charge in [0, 0.05) is 10.9 Å². The van der Waals surface area contributed by atoms with Crippen molar-refractivity contribution in [2.24, 2.45) is 5.73 Å². The van der Waals surface area contributed by atoms with Crippen LogP contribution in [0, 0.1) is 0 Å². The molecule has 0 radical (unpaired) electrons. The summed E-state index contributed by atoms with van der Waals surface area (Å²) in [7, 11) is 0. The summed E-state index contributed by atoms with van der Waals surface area (Å²) < 4.78 is 5.51. The van der Waals surface area contributed by atoms with E-state index in [0.717, 1.165) is 31.5 Å². The molecule has 0 bridgehead atoms. The maximum Gasteiger partial charge on any atom is 0.134 e. The second-order valence-electron chi connectivity index (χ2n) is 5.50. The molecule has 0 atom stereocenters. The lowest BCUT2D eigenvalue weighted by Gasteiger charge is -2.18. The number of furan rings is 1. The van der Waals surface area contributed by atoms with Crippen LogP contribution in [0.2, 0.25) is 0 Å². The van der Waals surface area contributed by atoms with Gasteiger partial charge in [-0.3, -0.25) is 0 Å². The van der Waals surface area contributed by atoms with Crippen LogP contribution >= 0.6 is 0 Å². The molecule has 0 aliphatic carbocycles. The number of benzene rings is 1. The second-order valence-corrected chi connectivity index (χ2v) is 5.50. The fourth-order valence-corrected chi connectivity index (χ4v) is 1.98. The Morgan fingerprint density at radius 1 is 1.22 bits per heavy atom. The molecule has 2 rings (SSSR count). The number of para-hydroxylation sites is 1. The summed E-state index contributed by atoms with van der Waals surface area (Å²) in [5, 5.41) is 4.64. The largest absolute Gasteiger partial charge is 0.464 e. The van der Waals surface area contributed by atoms with Gasteiger partial charge >= 0.3 is 0 Å². The number of hydrogen-bond donors (Lipinski definition) is 2. The monoisotopic (exact) mass is 246 g/mol. The summed E-state index contributed by atoms with van der Waals surface area (Å²) in [6.07, 6.45) is 3.83. The molecule has 0 fully saturated rings. The first-order chi connectivity index (χ1) is 8.56. The maximum atomic E-state index is 5.93. The van der Waals surface area contributed by atoms with Crippen LogP contribution in [0.25, 0.3) is 11.0 Å². The first kappa shape index (κ1) is 13.1. The molecule has 0 amide bonds. The summed E-state index contributed by atoms with van der Waals surface area (Å²) in [4.78, 5) is 0. The van der Waals surface area contributed by atoms with Crippen molar-refractivity contribution < 1.29 is 4.42 Å². The fourth-order valence-electron chi connectivity index (χ4n) is 1.98. The van der Waals surface area contributed by atoms with E-state index in [4.69, 9.17) is 10.2 Å². The van der Waals surface area contributed by atoms with Crippen molar-refractivity contribution in [3.8, 4) is 0 Å². The van der Waals surface area contributed by atoms with Gasteiger partial charge in [-0.25, -0.2) is 0 Å². The molecule has 3 nitrogen and oxygen atoms in total. The highest BCUT2D eigenvalue weighted by atomic mass is 16.3. The molecule has 18 heavy (non-hydrogen) atoms. The normalized spacial score (nSPS) is 12.2. The van der Waals surface area contributed by atoms with Gasteiger partial charge in [0.2, 0.25) is 0 Å².